The molecule has 2 aromatic carbocycles. The predicted molar refractivity (Wildman–Crippen MR) is 135 cm³/mol. The van der Waals surface area contributed by atoms with Crippen molar-refractivity contribution in [2.75, 3.05) is 24.7 Å². The Morgan fingerprint density at radius 3 is 2.39 bits per heavy atom. The fourth-order valence-electron chi connectivity index (χ4n) is 3.10. The number of nitrogens with one attached hydrogen (secondary N) is 2. The van der Waals surface area contributed by atoms with Crippen molar-refractivity contribution in [1.29, 1.82) is 0 Å². The third kappa shape index (κ3) is 6.01. The summed E-state index contributed by atoms with van der Waals surface area (Å²) in [7, 11) is 3.68. The average Bonchev–Trinajstić information content (AvgIpc) is 3.23. The lowest BCUT2D eigenvalue weighted by Crippen LogP contribution is -2.20. The quantitative estimate of drug-likeness (QED) is 0.248. The molecule has 188 valence electrons. The number of amides is 2. The molecule has 9 nitrogen and oxygen atoms in total. The molecule has 0 aliphatic carbocycles. The van der Waals surface area contributed by atoms with Gasteiger partial charge in [-0.05, 0) is 42.5 Å². The molecule has 0 aliphatic rings. The molecule has 0 atom stereocenters. The number of nitrogens with zero attached hydrogens (tertiary/aromatic N) is 6. The summed E-state index contributed by atoms with van der Waals surface area (Å²) in [4.78, 5) is 31.1. The molecule has 14 heteroatoms. The Labute approximate surface area is 214 Å². The maximum absolute atomic E-state index is 13.0. The summed E-state index contributed by atoms with van der Waals surface area (Å²) in [6, 6.07) is 9.14. The van der Waals surface area contributed by atoms with Gasteiger partial charge in [-0.25, -0.2) is 24.7 Å². The van der Waals surface area contributed by atoms with Crippen LogP contribution in [-0.4, -0.2) is 50.9 Å². The van der Waals surface area contributed by atoms with Crippen molar-refractivity contribution in [2.45, 2.75) is 6.18 Å². The Morgan fingerprint density at radius 2 is 1.72 bits per heavy atom. The maximum atomic E-state index is 13.0. The number of fused-ring (bicyclic) bond motifs is 1. The van der Waals surface area contributed by atoms with Crippen LogP contribution in [0.2, 0.25) is 5.02 Å². The molecule has 0 saturated heterocycles. The standard InChI is InChI=1S/C22H18ClF3N8O.ClH/c1-33(2)11-30-19-18-20(28-10-27-19)34(12-29-18)15-6-3-13(4-7-15)31-21(35)32-14-5-8-17(23)16(9-14)22(24,25)26;/h3-12H,1-2H3,(H2,31,32,35);1H. The van der Waals surface area contributed by atoms with Gasteiger partial charge >= 0.3 is 12.2 Å². The van der Waals surface area contributed by atoms with Crippen molar-refractivity contribution in [3.8, 4) is 5.69 Å². The molecule has 4 rings (SSSR count). The second kappa shape index (κ2) is 10.8. The Balaban J connectivity index is 0.00000361. The van der Waals surface area contributed by atoms with E-state index < -0.39 is 22.8 Å². The topological polar surface area (TPSA) is 100 Å². The molecular weight excluding hydrogens is 520 g/mol. The summed E-state index contributed by atoms with van der Waals surface area (Å²) in [5, 5.41) is 4.48. The first-order valence-corrected chi connectivity index (χ1v) is 10.4. The molecule has 2 N–H and O–H groups in total. The third-order valence-corrected chi connectivity index (χ3v) is 4.99. The molecule has 2 aromatic heterocycles. The number of alkyl halides is 3. The Hall–Kier alpha value is -3.90. The molecular formula is C22H19Cl2F3N8O. The van der Waals surface area contributed by atoms with Gasteiger partial charge in [0.05, 0.1) is 16.9 Å². The highest BCUT2D eigenvalue weighted by Gasteiger charge is 2.33. The summed E-state index contributed by atoms with van der Waals surface area (Å²) < 4.78 is 40.8. The molecule has 0 saturated carbocycles. The molecule has 0 radical (unpaired) electrons. The first-order valence-electron chi connectivity index (χ1n) is 10.1. The van der Waals surface area contributed by atoms with E-state index in [1.807, 2.05) is 14.1 Å². The van der Waals surface area contributed by atoms with Gasteiger partial charge in [-0.3, -0.25) is 4.57 Å². The third-order valence-electron chi connectivity index (χ3n) is 4.66. The highest BCUT2D eigenvalue weighted by atomic mass is 35.5. The normalized spacial score (nSPS) is 11.4. The number of imidazole rings is 1. The summed E-state index contributed by atoms with van der Waals surface area (Å²) >= 11 is 5.61. The van der Waals surface area contributed by atoms with Crippen LogP contribution in [0.5, 0.6) is 0 Å². The molecule has 0 unspecified atom stereocenters. The van der Waals surface area contributed by atoms with Crippen molar-refractivity contribution in [2.24, 2.45) is 4.99 Å². The van der Waals surface area contributed by atoms with Crippen LogP contribution in [0.15, 0.2) is 60.1 Å². The molecule has 0 aliphatic heterocycles. The first kappa shape index (κ1) is 26.7. The highest BCUT2D eigenvalue weighted by Crippen LogP contribution is 2.36. The first-order chi connectivity index (χ1) is 16.6. The van der Waals surface area contributed by atoms with E-state index in [1.54, 1.807) is 46.4 Å². The van der Waals surface area contributed by atoms with Gasteiger partial charge in [0, 0.05) is 31.2 Å². The van der Waals surface area contributed by atoms with Crippen LogP contribution in [0, 0.1) is 0 Å². The number of hydrogen-bond acceptors (Lipinski definition) is 5. The number of carbonyl (C=O) groups excluding carboxylic acids is 1. The lowest BCUT2D eigenvalue weighted by molar-refractivity contribution is -0.137. The van der Waals surface area contributed by atoms with Crippen LogP contribution in [0.1, 0.15) is 5.56 Å². The van der Waals surface area contributed by atoms with Gasteiger partial charge in [-0.15, -0.1) is 12.4 Å². The molecule has 36 heavy (non-hydrogen) atoms. The second-order valence-electron chi connectivity index (χ2n) is 7.51. The highest BCUT2D eigenvalue weighted by molar-refractivity contribution is 6.31. The minimum atomic E-state index is -4.64. The van der Waals surface area contributed by atoms with Gasteiger partial charge in [-0.2, -0.15) is 13.2 Å². The number of aromatic nitrogens is 4. The molecule has 0 fully saturated rings. The van der Waals surface area contributed by atoms with Crippen molar-refractivity contribution >= 4 is 64.7 Å². The molecule has 2 heterocycles. The van der Waals surface area contributed by atoms with E-state index in [9.17, 15) is 18.0 Å². The van der Waals surface area contributed by atoms with Gasteiger partial charge in [0.1, 0.15) is 12.7 Å². The number of carbonyl (C=O) groups is 1. The fourth-order valence-corrected chi connectivity index (χ4v) is 3.32. The minimum absolute atomic E-state index is 0. The van der Waals surface area contributed by atoms with Crippen LogP contribution in [-0.2, 0) is 6.18 Å². The van der Waals surface area contributed by atoms with Crippen LogP contribution in [0.3, 0.4) is 0 Å². The monoisotopic (exact) mass is 538 g/mol. The van der Waals surface area contributed by atoms with E-state index in [4.69, 9.17) is 11.6 Å². The van der Waals surface area contributed by atoms with Gasteiger partial charge < -0.3 is 15.5 Å². The number of urea groups is 1. The number of benzene rings is 2. The largest absolute Gasteiger partial charge is 0.417 e. The van der Waals surface area contributed by atoms with E-state index in [1.165, 1.54) is 12.4 Å². The second-order valence-corrected chi connectivity index (χ2v) is 7.92. The van der Waals surface area contributed by atoms with Gasteiger partial charge in [-0.1, -0.05) is 11.6 Å². The van der Waals surface area contributed by atoms with Gasteiger partial charge in [0.2, 0.25) is 0 Å². The van der Waals surface area contributed by atoms with E-state index in [0.717, 1.165) is 12.1 Å². The van der Waals surface area contributed by atoms with Crippen LogP contribution in [0.25, 0.3) is 16.9 Å². The van der Waals surface area contributed by atoms with Crippen molar-refractivity contribution in [3.05, 3.63) is 65.7 Å². The Morgan fingerprint density at radius 1 is 1.06 bits per heavy atom. The van der Waals surface area contributed by atoms with Crippen LogP contribution < -0.4 is 10.6 Å². The summed E-state index contributed by atoms with van der Waals surface area (Å²) in [6.45, 7) is 0. The predicted octanol–water partition coefficient (Wildman–Crippen LogP) is 5.77. The molecule has 0 spiro atoms. The van der Waals surface area contributed by atoms with Crippen molar-refractivity contribution in [1.82, 2.24) is 24.4 Å². The van der Waals surface area contributed by atoms with E-state index in [2.05, 4.69) is 30.6 Å². The lowest BCUT2D eigenvalue weighted by atomic mass is 10.2. The number of halogens is 5. The molecule has 2 amide bonds. The van der Waals surface area contributed by atoms with E-state index in [-0.39, 0.29) is 18.1 Å². The Kier molecular flexibility index (Phi) is 8.00. The zero-order valence-corrected chi connectivity index (χ0v) is 20.4. The SMILES string of the molecule is CN(C)C=Nc1ncnc2c1ncn2-c1ccc(NC(=O)Nc2ccc(Cl)c(C(F)(F)F)c2)cc1.Cl. The van der Waals surface area contributed by atoms with Crippen molar-refractivity contribution < 1.29 is 18.0 Å². The fraction of sp³-hybridized carbons (Fsp3) is 0.136. The zero-order chi connectivity index (χ0) is 25.2. The summed E-state index contributed by atoms with van der Waals surface area (Å²) in [5.74, 6) is 0.424. The molecule has 0 bridgehead atoms. The van der Waals surface area contributed by atoms with Crippen molar-refractivity contribution in [3.63, 3.8) is 0 Å². The zero-order valence-electron chi connectivity index (χ0n) is 18.8. The van der Waals surface area contributed by atoms with Gasteiger partial charge in [0.25, 0.3) is 0 Å². The lowest BCUT2D eigenvalue weighted by Gasteiger charge is -2.12. The number of aliphatic imine (C=N–C) groups is 1. The number of rotatable bonds is 5. The van der Waals surface area contributed by atoms with Crippen LogP contribution in [0.4, 0.5) is 35.2 Å². The van der Waals surface area contributed by atoms with E-state index >= 15 is 0 Å². The summed E-state index contributed by atoms with van der Waals surface area (Å²) in [5.41, 5.74) is 1.13. The summed E-state index contributed by atoms with van der Waals surface area (Å²) in [6.07, 6.45) is -0.0464. The maximum Gasteiger partial charge on any atom is 0.417 e. The number of anilines is 2. The number of hydrogen-bond donors (Lipinski definition) is 2. The van der Waals surface area contributed by atoms with E-state index in [0.29, 0.717) is 28.4 Å². The van der Waals surface area contributed by atoms with Gasteiger partial charge in [0.15, 0.2) is 17.0 Å². The van der Waals surface area contributed by atoms with Crippen LogP contribution >= 0.6 is 24.0 Å². The Bertz CT molecular complexity index is 1400. The minimum Gasteiger partial charge on any atom is -0.369 e. The average molecular weight is 539 g/mol. The molecule has 4 aromatic rings. The smallest absolute Gasteiger partial charge is 0.369 e.